The zero-order valence-corrected chi connectivity index (χ0v) is 19.8. The van der Waals surface area contributed by atoms with E-state index in [2.05, 4.69) is 47.3 Å². The normalized spacial score (nSPS) is 42.2. The summed E-state index contributed by atoms with van der Waals surface area (Å²) in [5.41, 5.74) is 2.31. The first-order valence-electron chi connectivity index (χ1n) is 12.3. The molecule has 0 aromatic heterocycles. The lowest BCUT2D eigenvalue weighted by Crippen LogP contribution is -2.52. The summed E-state index contributed by atoms with van der Waals surface area (Å²) in [5, 5.41) is 11.6. The van der Waals surface area contributed by atoms with Gasteiger partial charge in [0.1, 0.15) is 0 Å². The quantitative estimate of drug-likeness (QED) is 0.515. The van der Waals surface area contributed by atoms with Gasteiger partial charge in [0.05, 0.1) is 5.60 Å². The lowest BCUT2D eigenvalue weighted by Gasteiger charge is -2.58. The highest BCUT2D eigenvalue weighted by atomic mass is 16.3. The third kappa shape index (κ3) is 3.38. The van der Waals surface area contributed by atoms with Crippen molar-refractivity contribution in [1.29, 1.82) is 0 Å². The van der Waals surface area contributed by atoms with Gasteiger partial charge in [-0.25, -0.2) is 0 Å². The predicted octanol–water partition coefficient (Wildman–Crippen LogP) is 6.65. The van der Waals surface area contributed by atoms with Crippen molar-refractivity contribution in [2.45, 2.75) is 91.6 Å². The lowest BCUT2D eigenvalue weighted by atomic mass is 9.47. The average molecular weight is 411 g/mol. The van der Waals surface area contributed by atoms with Crippen LogP contribution in [0.1, 0.15) is 86.0 Å². The van der Waals surface area contributed by atoms with Crippen molar-refractivity contribution >= 4 is 5.78 Å². The molecule has 1 N–H and O–H groups in total. The maximum atomic E-state index is 12.0. The highest BCUT2D eigenvalue weighted by molar-refractivity contribution is 6.01. The smallest absolute Gasteiger partial charge is 0.178 e. The van der Waals surface area contributed by atoms with Crippen molar-refractivity contribution in [2.24, 2.45) is 40.4 Å². The molecule has 2 nitrogen and oxygen atoms in total. The minimum absolute atomic E-state index is 0.0633. The number of ketones is 1. The number of carbonyl (C=O) groups excluding carboxylic acids is 1. The summed E-state index contributed by atoms with van der Waals surface area (Å²) in [4.78, 5) is 12.0. The first kappa shape index (κ1) is 22.1. The Kier molecular flexibility index (Phi) is 5.49. The molecule has 0 aromatic carbocycles. The van der Waals surface area contributed by atoms with Gasteiger partial charge in [0.15, 0.2) is 5.78 Å². The van der Waals surface area contributed by atoms with E-state index in [-0.39, 0.29) is 16.6 Å². The van der Waals surface area contributed by atoms with Gasteiger partial charge in [-0.3, -0.25) is 4.79 Å². The van der Waals surface area contributed by atoms with Crippen LogP contribution >= 0.6 is 0 Å². The van der Waals surface area contributed by atoms with E-state index < -0.39 is 5.60 Å². The molecule has 0 bridgehead atoms. The topological polar surface area (TPSA) is 37.3 Å². The van der Waals surface area contributed by atoms with E-state index in [0.29, 0.717) is 23.7 Å². The van der Waals surface area contributed by atoms with Crippen LogP contribution in [0.3, 0.4) is 0 Å². The van der Waals surface area contributed by atoms with Crippen molar-refractivity contribution in [2.75, 3.05) is 0 Å². The molecule has 30 heavy (non-hydrogen) atoms. The van der Waals surface area contributed by atoms with Crippen molar-refractivity contribution in [3.8, 4) is 0 Å². The minimum atomic E-state index is -0.616. The van der Waals surface area contributed by atoms with Crippen molar-refractivity contribution in [3.05, 3.63) is 36.0 Å². The fourth-order valence-corrected chi connectivity index (χ4v) is 8.10. The van der Waals surface area contributed by atoms with Gasteiger partial charge in [-0.05, 0) is 105 Å². The van der Waals surface area contributed by atoms with E-state index in [9.17, 15) is 9.90 Å². The Morgan fingerprint density at radius 1 is 1.23 bits per heavy atom. The summed E-state index contributed by atoms with van der Waals surface area (Å²) in [6.07, 6.45) is 14.8. The SMILES string of the molecule is C=C(CCC(C)(O)C1CCC2C3CCC4=CC(=O)C=CC4(C)C3CCC21C)C(C)C. The number of carbonyl (C=O) groups is 1. The molecule has 3 saturated carbocycles. The monoisotopic (exact) mass is 410 g/mol. The van der Waals surface area contributed by atoms with Crippen LogP contribution in [0.4, 0.5) is 0 Å². The third-order valence-corrected chi connectivity index (χ3v) is 10.1. The number of aliphatic hydroxyl groups is 1. The molecule has 4 rings (SSSR count). The molecule has 0 aromatic rings. The Hall–Kier alpha value is -1.15. The molecule has 0 radical (unpaired) electrons. The second-order valence-electron chi connectivity index (χ2n) is 11.9. The van der Waals surface area contributed by atoms with Crippen molar-refractivity contribution in [3.63, 3.8) is 0 Å². The highest BCUT2D eigenvalue weighted by Crippen LogP contribution is 2.67. The largest absolute Gasteiger partial charge is 0.390 e. The number of allylic oxidation sites excluding steroid dienone is 5. The van der Waals surface area contributed by atoms with E-state index in [0.717, 1.165) is 31.6 Å². The van der Waals surface area contributed by atoms with Crippen LogP contribution in [-0.2, 0) is 4.79 Å². The molecule has 166 valence electrons. The maximum Gasteiger partial charge on any atom is 0.178 e. The lowest BCUT2D eigenvalue weighted by molar-refractivity contribution is -0.112. The summed E-state index contributed by atoms with van der Waals surface area (Å²) >= 11 is 0. The zero-order chi connectivity index (χ0) is 21.9. The molecule has 4 aliphatic rings. The predicted molar refractivity (Wildman–Crippen MR) is 124 cm³/mol. The van der Waals surface area contributed by atoms with E-state index in [1.165, 1.54) is 36.8 Å². The molecular weight excluding hydrogens is 368 g/mol. The number of hydrogen-bond donors (Lipinski definition) is 1. The molecule has 0 spiro atoms. The van der Waals surface area contributed by atoms with E-state index >= 15 is 0 Å². The Balaban J connectivity index is 1.54. The molecule has 3 fully saturated rings. The zero-order valence-electron chi connectivity index (χ0n) is 19.8. The Bertz CT molecular complexity index is 784. The maximum absolute atomic E-state index is 12.0. The van der Waals surface area contributed by atoms with Gasteiger partial charge in [0, 0.05) is 5.41 Å². The molecule has 2 heteroatoms. The number of fused-ring (bicyclic) bond motifs is 5. The number of hydrogen-bond acceptors (Lipinski definition) is 2. The molecule has 0 aliphatic heterocycles. The standard InChI is InChI=1S/C28H42O2/c1-18(2)19(3)11-16-28(6,30)25-10-9-23-22-8-7-20-17-21(29)12-14-26(20,4)24(22)13-15-27(23,25)5/h12,14,17-18,22-25,30H,3,7-11,13,15-16H2,1-2,4-6H3. The van der Waals surface area contributed by atoms with Crippen LogP contribution in [0.5, 0.6) is 0 Å². The van der Waals surface area contributed by atoms with E-state index in [1.54, 1.807) is 0 Å². The van der Waals surface area contributed by atoms with E-state index in [4.69, 9.17) is 0 Å². The first-order valence-corrected chi connectivity index (χ1v) is 12.3. The molecule has 0 saturated heterocycles. The molecular formula is C28H42O2. The Morgan fingerprint density at radius 2 is 1.97 bits per heavy atom. The Labute approximate surface area is 183 Å². The fraction of sp³-hybridized carbons (Fsp3) is 0.750. The summed E-state index contributed by atoms with van der Waals surface area (Å²) < 4.78 is 0. The van der Waals surface area contributed by atoms with Gasteiger partial charge in [-0.2, -0.15) is 0 Å². The Morgan fingerprint density at radius 3 is 2.67 bits per heavy atom. The molecule has 4 aliphatic carbocycles. The minimum Gasteiger partial charge on any atom is -0.390 e. The van der Waals surface area contributed by atoms with Gasteiger partial charge in [-0.1, -0.05) is 51.5 Å². The second-order valence-corrected chi connectivity index (χ2v) is 11.9. The van der Waals surface area contributed by atoms with Gasteiger partial charge in [-0.15, -0.1) is 0 Å². The van der Waals surface area contributed by atoms with Crippen molar-refractivity contribution in [1.82, 2.24) is 0 Å². The van der Waals surface area contributed by atoms with Gasteiger partial charge in [0.2, 0.25) is 0 Å². The van der Waals surface area contributed by atoms with Crippen LogP contribution in [0.25, 0.3) is 0 Å². The van der Waals surface area contributed by atoms with Crippen LogP contribution in [0, 0.1) is 40.4 Å². The average Bonchev–Trinajstić information content (AvgIpc) is 3.04. The molecule has 7 atom stereocenters. The second kappa shape index (κ2) is 7.47. The van der Waals surface area contributed by atoms with Crippen LogP contribution in [0.2, 0.25) is 0 Å². The van der Waals surface area contributed by atoms with Gasteiger partial charge >= 0.3 is 0 Å². The fourth-order valence-electron chi connectivity index (χ4n) is 8.10. The van der Waals surface area contributed by atoms with Crippen LogP contribution in [0.15, 0.2) is 36.0 Å². The summed E-state index contributed by atoms with van der Waals surface area (Å²) in [5.74, 6) is 3.10. The van der Waals surface area contributed by atoms with Gasteiger partial charge < -0.3 is 5.11 Å². The van der Waals surface area contributed by atoms with Crippen LogP contribution < -0.4 is 0 Å². The van der Waals surface area contributed by atoms with Crippen LogP contribution in [-0.4, -0.2) is 16.5 Å². The van der Waals surface area contributed by atoms with Gasteiger partial charge in [0.25, 0.3) is 0 Å². The first-order chi connectivity index (χ1) is 14.0. The molecule has 7 unspecified atom stereocenters. The highest BCUT2D eigenvalue weighted by Gasteiger charge is 2.61. The summed E-state index contributed by atoms with van der Waals surface area (Å²) in [6.45, 7) is 15.6. The molecule has 0 heterocycles. The summed E-state index contributed by atoms with van der Waals surface area (Å²) in [6, 6.07) is 0. The molecule has 0 amide bonds. The summed E-state index contributed by atoms with van der Waals surface area (Å²) in [7, 11) is 0. The number of rotatable bonds is 5. The van der Waals surface area contributed by atoms with Crippen molar-refractivity contribution < 1.29 is 9.90 Å². The van der Waals surface area contributed by atoms with E-state index in [1.807, 2.05) is 12.2 Å². The third-order valence-electron chi connectivity index (χ3n) is 10.1.